The third-order valence-corrected chi connectivity index (χ3v) is 2.38. The summed E-state index contributed by atoms with van der Waals surface area (Å²) in [6, 6.07) is 8.22. The molecule has 14 heavy (non-hydrogen) atoms. The van der Waals surface area contributed by atoms with Gasteiger partial charge in [0.25, 0.3) is 0 Å². The topological polar surface area (TPSA) is 21.3 Å². The molecule has 1 aromatic rings. The van der Waals surface area contributed by atoms with Gasteiger partial charge in [0, 0.05) is 24.7 Å². The summed E-state index contributed by atoms with van der Waals surface area (Å²) in [5, 5.41) is 4.13. The van der Waals surface area contributed by atoms with Crippen molar-refractivity contribution in [3.63, 3.8) is 0 Å². The van der Waals surface area contributed by atoms with Crippen LogP contribution in [0.1, 0.15) is 18.5 Å². The van der Waals surface area contributed by atoms with E-state index in [4.69, 9.17) is 16.3 Å². The van der Waals surface area contributed by atoms with Gasteiger partial charge in [-0.15, -0.1) is 0 Å². The Labute approximate surface area is 90.2 Å². The van der Waals surface area contributed by atoms with Crippen molar-refractivity contribution in [2.24, 2.45) is 0 Å². The quantitative estimate of drug-likeness (QED) is 0.760. The van der Waals surface area contributed by atoms with Crippen LogP contribution in [0, 0.1) is 0 Å². The van der Waals surface area contributed by atoms with Crippen LogP contribution in [0.4, 0.5) is 0 Å². The summed E-state index contributed by atoms with van der Waals surface area (Å²) in [7, 11) is 1.70. The van der Waals surface area contributed by atoms with E-state index >= 15 is 0 Å². The molecule has 0 aliphatic carbocycles. The molecule has 0 bridgehead atoms. The number of benzene rings is 1. The Morgan fingerprint density at radius 1 is 1.36 bits per heavy atom. The summed E-state index contributed by atoms with van der Waals surface area (Å²) in [5.41, 5.74) is 1.24. The second kappa shape index (κ2) is 6.02. The van der Waals surface area contributed by atoms with Crippen molar-refractivity contribution in [2.75, 3.05) is 20.3 Å². The van der Waals surface area contributed by atoms with Crippen molar-refractivity contribution >= 4 is 11.6 Å². The Bertz CT molecular complexity index is 260. The van der Waals surface area contributed by atoms with Crippen LogP contribution >= 0.6 is 11.6 Å². The van der Waals surface area contributed by atoms with Crippen molar-refractivity contribution in [3.05, 3.63) is 34.9 Å². The third-order valence-electron chi connectivity index (χ3n) is 2.13. The highest BCUT2D eigenvalue weighted by atomic mass is 35.5. The Hall–Kier alpha value is -0.570. The normalized spacial score (nSPS) is 12.8. The van der Waals surface area contributed by atoms with Crippen molar-refractivity contribution in [3.8, 4) is 0 Å². The molecule has 0 heterocycles. The smallest absolute Gasteiger partial charge is 0.0587 e. The third kappa shape index (κ3) is 3.66. The fourth-order valence-electron chi connectivity index (χ4n) is 1.25. The standard InChI is InChI=1S/C11H16ClNO/c1-9(13-7-8-14-2)10-3-5-11(12)6-4-10/h3-6,9,13H,7-8H2,1-2H3/t9-/m0/s1. The van der Waals surface area contributed by atoms with E-state index < -0.39 is 0 Å². The fourth-order valence-corrected chi connectivity index (χ4v) is 1.37. The first-order valence-corrected chi connectivity index (χ1v) is 5.09. The number of nitrogens with one attached hydrogen (secondary N) is 1. The molecule has 0 fully saturated rings. The van der Waals surface area contributed by atoms with Gasteiger partial charge in [-0.05, 0) is 24.6 Å². The molecule has 0 radical (unpaired) electrons. The summed E-state index contributed by atoms with van der Waals surface area (Å²) in [4.78, 5) is 0. The van der Waals surface area contributed by atoms with Gasteiger partial charge in [-0.3, -0.25) is 0 Å². The van der Waals surface area contributed by atoms with Gasteiger partial charge in [-0.2, -0.15) is 0 Å². The molecule has 0 aliphatic heterocycles. The lowest BCUT2D eigenvalue weighted by Crippen LogP contribution is -2.22. The molecule has 78 valence electrons. The molecule has 0 amide bonds. The number of methoxy groups -OCH3 is 1. The Balaban J connectivity index is 2.43. The highest BCUT2D eigenvalue weighted by molar-refractivity contribution is 6.30. The van der Waals surface area contributed by atoms with Gasteiger partial charge in [-0.25, -0.2) is 0 Å². The van der Waals surface area contributed by atoms with Crippen molar-refractivity contribution in [1.82, 2.24) is 5.32 Å². The van der Waals surface area contributed by atoms with E-state index in [9.17, 15) is 0 Å². The second-order valence-corrected chi connectivity index (χ2v) is 3.66. The lowest BCUT2D eigenvalue weighted by atomic mass is 10.1. The maximum absolute atomic E-state index is 5.80. The lowest BCUT2D eigenvalue weighted by Gasteiger charge is -2.13. The fraction of sp³-hybridized carbons (Fsp3) is 0.455. The van der Waals surface area contributed by atoms with Gasteiger partial charge >= 0.3 is 0 Å². The molecule has 1 N–H and O–H groups in total. The molecule has 0 saturated carbocycles. The molecular weight excluding hydrogens is 198 g/mol. The maximum Gasteiger partial charge on any atom is 0.0587 e. The van der Waals surface area contributed by atoms with Gasteiger partial charge in [0.1, 0.15) is 0 Å². The van der Waals surface area contributed by atoms with Gasteiger partial charge in [0.15, 0.2) is 0 Å². The number of rotatable bonds is 5. The predicted octanol–water partition coefficient (Wildman–Crippen LogP) is 2.64. The highest BCUT2D eigenvalue weighted by Gasteiger charge is 2.02. The Morgan fingerprint density at radius 2 is 2.00 bits per heavy atom. The molecule has 1 aromatic carbocycles. The van der Waals surface area contributed by atoms with Gasteiger partial charge < -0.3 is 10.1 Å². The number of halogens is 1. The highest BCUT2D eigenvalue weighted by Crippen LogP contribution is 2.15. The lowest BCUT2D eigenvalue weighted by molar-refractivity contribution is 0.196. The van der Waals surface area contributed by atoms with Crippen LogP contribution in [0.25, 0.3) is 0 Å². The number of ether oxygens (including phenoxy) is 1. The first-order chi connectivity index (χ1) is 6.74. The zero-order chi connectivity index (χ0) is 10.4. The summed E-state index contributed by atoms with van der Waals surface area (Å²) in [5.74, 6) is 0. The van der Waals surface area contributed by atoms with E-state index in [0.29, 0.717) is 6.04 Å². The Morgan fingerprint density at radius 3 is 2.57 bits per heavy atom. The van der Waals surface area contributed by atoms with Gasteiger partial charge in [0.05, 0.1) is 6.61 Å². The largest absolute Gasteiger partial charge is 0.383 e. The van der Waals surface area contributed by atoms with Crippen molar-refractivity contribution < 1.29 is 4.74 Å². The van der Waals surface area contributed by atoms with Crippen LogP contribution < -0.4 is 5.32 Å². The number of hydrogen-bond donors (Lipinski definition) is 1. The Kier molecular flexibility index (Phi) is 4.94. The minimum absolute atomic E-state index is 0.336. The molecule has 0 saturated heterocycles. The average molecular weight is 214 g/mol. The van der Waals surface area contributed by atoms with Crippen molar-refractivity contribution in [2.45, 2.75) is 13.0 Å². The van der Waals surface area contributed by atoms with Crippen LogP contribution in [0.3, 0.4) is 0 Å². The van der Waals surface area contributed by atoms with Crippen LogP contribution in [-0.4, -0.2) is 20.3 Å². The minimum Gasteiger partial charge on any atom is -0.383 e. The summed E-state index contributed by atoms with van der Waals surface area (Å²) in [6.45, 7) is 3.72. The van der Waals surface area contributed by atoms with E-state index in [2.05, 4.69) is 12.2 Å². The first-order valence-electron chi connectivity index (χ1n) is 4.72. The molecule has 1 atom stereocenters. The molecular formula is C11H16ClNO. The van der Waals surface area contributed by atoms with Gasteiger partial charge in [-0.1, -0.05) is 23.7 Å². The van der Waals surface area contributed by atoms with E-state index in [0.717, 1.165) is 18.2 Å². The van der Waals surface area contributed by atoms with E-state index in [1.807, 2.05) is 24.3 Å². The van der Waals surface area contributed by atoms with E-state index in [-0.39, 0.29) is 0 Å². The maximum atomic E-state index is 5.80. The second-order valence-electron chi connectivity index (χ2n) is 3.22. The van der Waals surface area contributed by atoms with Crippen LogP contribution in [-0.2, 0) is 4.74 Å². The van der Waals surface area contributed by atoms with Crippen LogP contribution in [0.2, 0.25) is 5.02 Å². The molecule has 3 heteroatoms. The monoisotopic (exact) mass is 213 g/mol. The molecule has 0 unspecified atom stereocenters. The summed E-state index contributed by atoms with van der Waals surface area (Å²) < 4.78 is 4.96. The predicted molar refractivity (Wildman–Crippen MR) is 59.7 cm³/mol. The summed E-state index contributed by atoms with van der Waals surface area (Å²) >= 11 is 5.80. The minimum atomic E-state index is 0.336. The molecule has 1 rings (SSSR count). The van der Waals surface area contributed by atoms with Crippen LogP contribution in [0.5, 0.6) is 0 Å². The van der Waals surface area contributed by atoms with E-state index in [1.165, 1.54) is 5.56 Å². The van der Waals surface area contributed by atoms with Crippen molar-refractivity contribution in [1.29, 1.82) is 0 Å². The summed E-state index contributed by atoms with van der Waals surface area (Å²) in [6.07, 6.45) is 0. The molecule has 2 nitrogen and oxygen atoms in total. The zero-order valence-electron chi connectivity index (χ0n) is 8.59. The molecule has 0 spiro atoms. The zero-order valence-corrected chi connectivity index (χ0v) is 9.34. The first kappa shape index (κ1) is 11.5. The van der Waals surface area contributed by atoms with E-state index in [1.54, 1.807) is 7.11 Å². The molecule has 0 aliphatic rings. The van der Waals surface area contributed by atoms with Crippen LogP contribution in [0.15, 0.2) is 24.3 Å². The number of hydrogen-bond acceptors (Lipinski definition) is 2. The average Bonchev–Trinajstić information content (AvgIpc) is 2.19. The van der Waals surface area contributed by atoms with Gasteiger partial charge in [0.2, 0.25) is 0 Å². The molecule has 0 aromatic heterocycles. The SMILES string of the molecule is COCCN[C@@H](C)c1ccc(Cl)cc1.